The van der Waals surface area contributed by atoms with E-state index in [-0.39, 0.29) is 30.2 Å². The van der Waals surface area contributed by atoms with Crippen molar-refractivity contribution >= 4 is 28.9 Å². The number of carbonyl (C=O) groups excluding carboxylic acids is 1. The quantitative estimate of drug-likeness (QED) is 0.300. The Hall–Kier alpha value is -4.24. The Morgan fingerprint density at radius 1 is 1.11 bits per heavy atom. The van der Waals surface area contributed by atoms with Crippen LogP contribution < -0.4 is 15.4 Å². The molecule has 3 heterocycles. The zero-order valence-corrected chi connectivity index (χ0v) is 20.9. The van der Waals surface area contributed by atoms with Gasteiger partial charge in [0.2, 0.25) is 5.91 Å². The van der Waals surface area contributed by atoms with Gasteiger partial charge in [0.15, 0.2) is 5.11 Å². The number of halogens is 1. The van der Waals surface area contributed by atoms with Crippen LogP contribution in [0.2, 0.25) is 0 Å². The number of nitrogens with one attached hydrogen (secondary N) is 2. The highest BCUT2D eigenvalue weighted by Gasteiger charge is 2.41. The minimum absolute atomic E-state index is 0.168. The van der Waals surface area contributed by atoms with Crippen LogP contribution >= 0.6 is 12.2 Å². The zero-order valence-electron chi connectivity index (χ0n) is 20.1. The minimum atomic E-state index is -0.337. The summed E-state index contributed by atoms with van der Waals surface area (Å²) in [4.78, 5) is 19.3. The molecule has 188 valence electrons. The van der Waals surface area contributed by atoms with E-state index >= 15 is 0 Å². The molecule has 5 rings (SSSR count). The number of rotatable bonds is 8. The SMILES string of the molecule is COc1ccccc1NC(=O)CCN1C(=S)N[C@H](c2ccccn2)[C@H]1c1ccc(-c2ccc(F)cc2)o1. The number of hydrogen-bond donors (Lipinski definition) is 2. The highest BCUT2D eigenvalue weighted by molar-refractivity contribution is 7.80. The van der Waals surface area contributed by atoms with Crippen molar-refractivity contribution in [3.63, 3.8) is 0 Å². The van der Waals surface area contributed by atoms with E-state index in [0.717, 1.165) is 11.3 Å². The van der Waals surface area contributed by atoms with Gasteiger partial charge in [-0.05, 0) is 72.9 Å². The fraction of sp³-hybridized carbons (Fsp3) is 0.179. The Kier molecular flexibility index (Phi) is 7.14. The summed E-state index contributed by atoms with van der Waals surface area (Å²) in [5, 5.41) is 6.76. The van der Waals surface area contributed by atoms with Crippen molar-refractivity contribution in [2.45, 2.75) is 18.5 Å². The van der Waals surface area contributed by atoms with Crippen molar-refractivity contribution < 1.29 is 18.3 Å². The molecule has 1 saturated heterocycles. The minimum Gasteiger partial charge on any atom is -0.495 e. The normalized spacial score (nSPS) is 16.9. The lowest BCUT2D eigenvalue weighted by Gasteiger charge is -2.26. The maximum Gasteiger partial charge on any atom is 0.226 e. The van der Waals surface area contributed by atoms with Crippen LogP contribution in [-0.2, 0) is 4.79 Å². The number of ether oxygens (including phenoxy) is 1. The number of pyridine rings is 1. The first-order valence-corrected chi connectivity index (χ1v) is 12.2. The van der Waals surface area contributed by atoms with E-state index in [4.69, 9.17) is 21.4 Å². The van der Waals surface area contributed by atoms with Crippen molar-refractivity contribution in [1.82, 2.24) is 15.2 Å². The monoisotopic (exact) mass is 516 g/mol. The van der Waals surface area contributed by atoms with Crippen molar-refractivity contribution in [3.8, 4) is 17.1 Å². The second-order valence-corrected chi connectivity index (χ2v) is 8.91. The third kappa shape index (κ3) is 5.31. The van der Waals surface area contributed by atoms with Crippen LogP contribution in [0.5, 0.6) is 5.75 Å². The van der Waals surface area contributed by atoms with Gasteiger partial charge in [-0.25, -0.2) is 4.39 Å². The highest BCUT2D eigenvalue weighted by atomic mass is 32.1. The molecule has 1 fully saturated rings. The number of para-hydroxylation sites is 2. The molecule has 1 aliphatic heterocycles. The molecule has 4 aromatic rings. The average molecular weight is 517 g/mol. The molecule has 0 aliphatic carbocycles. The number of methoxy groups -OCH3 is 1. The maximum atomic E-state index is 13.4. The van der Waals surface area contributed by atoms with E-state index < -0.39 is 0 Å². The highest BCUT2D eigenvalue weighted by Crippen LogP contribution is 2.40. The Morgan fingerprint density at radius 3 is 2.65 bits per heavy atom. The molecular weight excluding hydrogens is 491 g/mol. The van der Waals surface area contributed by atoms with Gasteiger partial charge >= 0.3 is 0 Å². The van der Waals surface area contributed by atoms with Gasteiger partial charge in [0.25, 0.3) is 0 Å². The molecule has 1 aliphatic rings. The topological polar surface area (TPSA) is 79.6 Å². The van der Waals surface area contributed by atoms with Gasteiger partial charge in [0.05, 0.1) is 24.5 Å². The summed E-state index contributed by atoms with van der Waals surface area (Å²) >= 11 is 5.68. The molecule has 0 unspecified atom stereocenters. The van der Waals surface area contributed by atoms with Gasteiger partial charge in [0.1, 0.15) is 29.1 Å². The molecule has 2 atom stereocenters. The van der Waals surface area contributed by atoms with Gasteiger partial charge in [-0.2, -0.15) is 0 Å². The summed E-state index contributed by atoms with van der Waals surface area (Å²) < 4.78 is 25.0. The van der Waals surface area contributed by atoms with Gasteiger partial charge in [0, 0.05) is 24.7 Å². The lowest BCUT2D eigenvalue weighted by Crippen LogP contribution is -2.32. The Balaban J connectivity index is 1.39. The fourth-order valence-electron chi connectivity index (χ4n) is 4.42. The van der Waals surface area contributed by atoms with Crippen molar-refractivity contribution in [3.05, 3.63) is 102 Å². The van der Waals surface area contributed by atoms with E-state index in [0.29, 0.717) is 34.6 Å². The zero-order chi connectivity index (χ0) is 25.8. The van der Waals surface area contributed by atoms with E-state index in [9.17, 15) is 9.18 Å². The predicted molar refractivity (Wildman–Crippen MR) is 143 cm³/mol. The lowest BCUT2D eigenvalue weighted by atomic mass is 10.0. The third-order valence-electron chi connectivity index (χ3n) is 6.21. The van der Waals surface area contributed by atoms with Crippen molar-refractivity contribution in [1.29, 1.82) is 0 Å². The van der Waals surface area contributed by atoms with Crippen LogP contribution in [0.4, 0.5) is 10.1 Å². The first-order valence-electron chi connectivity index (χ1n) is 11.8. The lowest BCUT2D eigenvalue weighted by molar-refractivity contribution is -0.116. The van der Waals surface area contributed by atoms with Crippen LogP contribution in [0.3, 0.4) is 0 Å². The van der Waals surface area contributed by atoms with Gasteiger partial charge in [-0.3, -0.25) is 9.78 Å². The van der Waals surface area contributed by atoms with Crippen molar-refractivity contribution in [2.75, 3.05) is 19.0 Å². The summed E-state index contributed by atoms with van der Waals surface area (Å²) in [7, 11) is 1.56. The number of benzene rings is 2. The van der Waals surface area contributed by atoms with Gasteiger partial charge in [-0.1, -0.05) is 18.2 Å². The van der Waals surface area contributed by atoms with Crippen LogP contribution in [0, 0.1) is 5.82 Å². The van der Waals surface area contributed by atoms with Crippen LogP contribution in [-0.4, -0.2) is 34.6 Å². The van der Waals surface area contributed by atoms with E-state index in [1.807, 2.05) is 47.4 Å². The molecule has 0 saturated carbocycles. The first-order chi connectivity index (χ1) is 18.0. The van der Waals surface area contributed by atoms with Gasteiger partial charge in [-0.15, -0.1) is 0 Å². The number of anilines is 1. The molecule has 7 nitrogen and oxygen atoms in total. The number of hydrogen-bond acceptors (Lipinski definition) is 5. The molecule has 2 aromatic carbocycles. The largest absolute Gasteiger partial charge is 0.495 e. The number of amides is 1. The number of carbonyl (C=O) groups is 1. The van der Waals surface area contributed by atoms with Crippen LogP contribution in [0.1, 0.15) is 30.0 Å². The molecule has 0 radical (unpaired) electrons. The van der Waals surface area contributed by atoms with E-state index in [1.54, 1.807) is 37.6 Å². The summed E-state index contributed by atoms with van der Waals surface area (Å²) in [5.74, 6) is 1.38. The number of furan rings is 1. The fourth-order valence-corrected chi connectivity index (χ4v) is 4.75. The first kappa shape index (κ1) is 24.5. The average Bonchev–Trinajstić information content (AvgIpc) is 3.53. The number of thiocarbonyl (C=S) groups is 1. The Bertz CT molecular complexity index is 1390. The van der Waals surface area contributed by atoms with Crippen molar-refractivity contribution in [2.24, 2.45) is 0 Å². The maximum absolute atomic E-state index is 13.4. The van der Waals surface area contributed by atoms with Gasteiger partial charge < -0.3 is 24.7 Å². The standard InChI is InChI=1S/C28H25FN4O3S/c1-35-23-8-3-2-6-20(23)31-25(34)15-17-33-27(26(32-28(33)37)21-7-4-5-16-30-21)24-14-13-22(36-24)18-9-11-19(29)12-10-18/h2-14,16,26-27H,15,17H2,1H3,(H,31,34)(H,32,37)/t26-,27-/m1/s1. The molecule has 37 heavy (non-hydrogen) atoms. The van der Waals surface area contributed by atoms with E-state index in [1.165, 1.54) is 12.1 Å². The number of nitrogens with zero attached hydrogens (tertiary/aromatic N) is 2. The smallest absolute Gasteiger partial charge is 0.226 e. The molecular formula is C28H25FN4O3S. The number of aromatic nitrogens is 1. The van der Waals surface area contributed by atoms with E-state index in [2.05, 4.69) is 15.6 Å². The summed E-state index contributed by atoms with van der Waals surface area (Å²) in [5.41, 5.74) is 2.17. The Labute approximate surface area is 219 Å². The Morgan fingerprint density at radius 2 is 1.89 bits per heavy atom. The molecule has 0 spiro atoms. The van der Waals surface area contributed by atoms with Crippen LogP contribution in [0.25, 0.3) is 11.3 Å². The second kappa shape index (κ2) is 10.8. The predicted octanol–water partition coefficient (Wildman–Crippen LogP) is 5.49. The van der Waals surface area contributed by atoms with Crippen LogP contribution in [0.15, 0.2) is 89.5 Å². The molecule has 2 aromatic heterocycles. The molecule has 1 amide bonds. The summed E-state index contributed by atoms with van der Waals surface area (Å²) in [6.07, 6.45) is 1.92. The summed E-state index contributed by atoms with van der Waals surface area (Å²) in [6, 6.07) is 22.2. The summed E-state index contributed by atoms with van der Waals surface area (Å²) in [6.45, 7) is 0.355. The molecule has 2 N–H and O–H groups in total. The third-order valence-corrected chi connectivity index (χ3v) is 6.56. The second-order valence-electron chi connectivity index (χ2n) is 8.53. The molecule has 9 heteroatoms. The molecule has 0 bridgehead atoms.